The maximum absolute atomic E-state index is 12.0. The van der Waals surface area contributed by atoms with Gasteiger partial charge >= 0.3 is 0 Å². The van der Waals surface area contributed by atoms with Crippen LogP contribution in [0.15, 0.2) is 12.4 Å². The fourth-order valence-electron chi connectivity index (χ4n) is 1.38. The minimum Gasteiger partial charge on any atom is -0.335 e. The molecule has 0 spiro atoms. The summed E-state index contributed by atoms with van der Waals surface area (Å²) in [5, 5.41) is 0. The highest BCUT2D eigenvalue weighted by atomic mass is 16.1. The van der Waals surface area contributed by atoms with Gasteiger partial charge < -0.3 is 4.57 Å². The summed E-state index contributed by atoms with van der Waals surface area (Å²) < 4.78 is 2.02. The van der Waals surface area contributed by atoms with Crippen molar-refractivity contribution in [2.24, 2.45) is 5.41 Å². The molecule has 3 nitrogen and oxygen atoms in total. The third kappa shape index (κ3) is 2.67. The lowest BCUT2D eigenvalue weighted by Crippen LogP contribution is -2.26. The van der Waals surface area contributed by atoms with Crippen molar-refractivity contribution in [1.29, 1.82) is 0 Å². The minimum atomic E-state index is -0.232. The molecule has 1 aromatic heterocycles. The van der Waals surface area contributed by atoms with Gasteiger partial charge in [-0.15, -0.1) is 0 Å². The molecule has 0 aromatic carbocycles. The van der Waals surface area contributed by atoms with Gasteiger partial charge in [0, 0.05) is 24.4 Å². The van der Waals surface area contributed by atoms with Gasteiger partial charge in [0.1, 0.15) is 11.6 Å². The lowest BCUT2D eigenvalue weighted by Gasteiger charge is -2.20. The third-order valence-electron chi connectivity index (χ3n) is 3.10. The second-order valence-corrected chi connectivity index (χ2v) is 4.47. The Bertz CT molecular complexity index is 339. The lowest BCUT2D eigenvalue weighted by molar-refractivity contribution is -0.126. The quantitative estimate of drug-likeness (QED) is 0.745. The van der Waals surface area contributed by atoms with Gasteiger partial charge in [-0.25, -0.2) is 4.98 Å². The van der Waals surface area contributed by atoms with Crippen LogP contribution in [0, 0.1) is 5.41 Å². The average Bonchev–Trinajstić information content (AvgIpc) is 2.65. The summed E-state index contributed by atoms with van der Waals surface area (Å²) in [5.41, 5.74) is -0.232. The normalized spacial score (nSPS) is 11.7. The van der Waals surface area contributed by atoms with Gasteiger partial charge in [0.15, 0.2) is 0 Å². The third-order valence-corrected chi connectivity index (χ3v) is 3.10. The highest BCUT2D eigenvalue weighted by molar-refractivity contribution is 5.85. The second kappa shape index (κ2) is 4.60. The van der Waals surface area contributed by atoms with E-state index in [0.717, 1.165) is 18.8 Å². The molecule has 0 N–H and O–H groups in total. The van der Waals surface area contributed by atoms with Crippen molar-refractivity contribution >= 4 is 5.78 Å². The van der Waals surface area contributed by atoms with Gasteiger partial charge in [-0.3, -0.25) is 4.79 Å². The Labute approximate surface area is 91.5 Å². The van der Waals surface area contributed by atoms with Crippen LogP contribution in [0.2, 0.25) is 0 Å². The maximum Gasteiger partial charge on any atom is 0.145 e. The Morgan fingerprint density at radius 1 is 1.47 bits per heavy atom. The molecule has 84 valence electrons. The van der Waals surface area contributed by atoms with E-state index in [1.165, 1.54) is 0 Å². The number of ketones is 1. The number of rotatable bonds is 5. The molecule has 0 bridgehead atoms. The Kier molecular flexibility index (Phi) is 3.66. The van der Waals surface area contributed by atoms with Crippen molar-refractivity contribution < 1.29 is 4.79 Å². The Morgan fingerprint density at radius 3 is 2.67 bits per heavy atom. The van der Waals surface area contributed by atoms with Crippen LogP contribution in [-0.4, -0.2) is 15.3 Å². The first-order valence-electron chi connectivity index (χ1n) is 5.54. The van der Waals surface area contributed by atoms with Gasteiger partial charge in [-0.2, -0.15) is 0 Å². The molecule has 1 rings (SSSR count). The lowest BCUT2D eigenvalue weighted by atomic mass is 9.84. The van der Waals surface area contributed by atoms with Crippen molar-refractivity contribution in [1.82, 2.24) is 9.55 Å². The van der Waals surface area contributed by atoms with Crippen molar-refractivity contribution in [3.05, 3.63) is 18.2 Å². The summed E-state index contributed by atoms with van der Waals surface area (Å²) in [7, 11) is 0. The zero-order valence-electron chi connectivity index (χ0n) is 10.1. The van der Waals surface area contributed by atoms with Gasteiger partial charge in [0.25, 0.3) is 0 Å². The van der Waals surface area contributed by atoms with E-state index in [1.54, 1.807) is 6.20 Å². The summed E-state index contributed by atoms with van der Waals surface area (Å²) in [6, 6.07) is 0. The summed E-state index contributed by atoms with van der Waals surface area (Å²) in [5.74, 6) is 1.15. The van der Waals surface area contributed by atoms with Gasteiger partial charge in [-0.1, -0.05) is 20.8 Å². The van der Waals surface area contributed by atoms with E-state index >= 15 is 0 Å². The highest BCUT2D eigenvalue weighted by Crippen LogP contribution is 2.22. The van der Waals surface area contributed by atoms with Crippen LogP contribution in [0.1, 0.15) is 39.9 Å². The molecule has 3 heteroatoms. The monoisotopic (exact) mass is 208 g/mol. The summed E-state index contributed by atoms with van der Waals surface area (Å²) in [6.07, 6.45) is 4.99. The Balaban J connectivity index is 2.74. The van der Waals surface area contributed by atoms with E-state index in [9.17, 15) is 4.79 Å². The largest absolute Gasteiger partial charge is 0.335 e. The first kappa shape index (κ1) is 12.0. The topological polar surface area (TPSA) is 34.9 Å². The zero-order valence-corrected chi connectivity index (χ0v) is 10.1. The number of carbonyl (C=O) groups is 1. The number of aromatic nitrogens is 2. The molecule has 0 saturated carbocycles. The second-order valence-electron chi connectivity index (χ2n) is 4.47. The van der Waals surface area contributed by atoms with Crippen LogP contribution in [0.4, 0.5) is 0 Å². The molecule has 1 aromatic rings. The van der Waals surface area contributed by atoms with Crippen LogP contribution in [-0.2, 0) is 17.8 Å². The predicted octanol–water partition coefficient (Wildman–Crippen LogP) is 2.45. The number of hydrogen-bond acceptors (Lipinski definition) is 2. The molecule has 0 aliphatic carbocycles. The molecule has 0 amide bonds. The first-order valence-corrected chi connectivity index (χ1v) is 5.54. The van der Waals surface area contributed by atoms with E-state index in [2.05, 4.69) is 11.9 Å². The molecule has 0 fully saturated rings. The van der Waals surface area contributed by atoms with Crippen molar-refractivity contribution in [3.8, 4) is 0 Å². The van der Waals surface area contributed by atoms with E-state index < -0.39 is 0 Å². The SMILES string of the molecule is CCn1ccnc1CC(=O)C(C)(C)CC. The zero-order chi connectivity index (χ0) is 11.5. The number of aryl methyl sites for hydroxylation is 1. The number of Topliss-reactive ketones (excluding diaryl/α,β-unsaturated/α-hetero) is 1. The number of carbonyl (C=O) groups excluding carboxylic acids is 1. The molecule has 0 aliphatic heterocycles. The Morgan fingerprint density at radius 2 is 2.13 bits per heavy atom. The first-order chi connectivity index (χ1) is 7.01. The average molecular weight is 208 g/mol. The minimum absolute atomic E-state index is 0.232. The highest BCUT2D eigenvalue weighted by Gasteiger charge is 2.26. The molecule has 0 aliphatic rings. The summed E-state index contributed by atoms with van der Waals surface area (Å²) in [4.78, 5) is 16.2. The Hall–Kier alpha value is -1.12. The molecular formula is C12H20N2O. The molecule has 1 heterocycles. The number of nitrogens with zero attached hydrogens (tertiary/aromatic N) is 2. The molecule has 0 atom stereocenters. The molecule has 0 saturated heterocycles. The predicted molar refractivity (Wildman–Crippen MR) is 60.7 cm³/mol. The molecule has 0 unspecified atom stereocenters. The van der Waals surface area contributed by atoms with Gasteiger partial charge in [0.2, 0.25) is 0 Å². The van der Waals surface area contributed by atoms with Crippen LogP contribution < -0.4 is 0 Å². The summed E-state index contributed by atoms with van der Waals surface area (Å²) >= 11 is 0. The fourth-order valence-corrected chi connectivity index (χ4v) is 1.38. The van der Waals surface area contributed by atoms with Crippen molar-refractivity contribution in [2.75, 3.05) is 0 Å². The van der Waals surface area contributed by atoms with Crippen molar-refractivity contribution in [2.45, 2.75) is 47.1 Å². The van der Waals surface area contributed by atoms with Gasteiger partial charge in [0.05, 0.1) is 6.42 Å². The maximum atomic E-state index is 12.0. The van der Waals surface area contributed by atoms with E-state index in [0.29, 0.717) is 6.42 Å². The van der Waals surface area contributed by atoms with Crippen LogP contribution >= 0.6 is 0 Å². The number of hydrogen-bond donors (Lipinski definition) is 0. The molecular weight excluding hydrogens is 188 g/mol. The van der Waals surface area contributed by atoms with E-state index in [4.69, 9.17) is 0 Å². The molecule has 0 radical (unpaired) electrons. The van der Waals surface area contributed by atoms with Crippen LogP contribution in [0.5, 0.6) is 0 Å². The van der Waals surface area contributed by atoms with Crippen molar-refractivity contribution in [3.63, 3.8) is 0 Å². The van der Waals surface area contributed by atoms with Crippen LogP contribution in [0.25, 0.3) is 0 Å². The van der Waals surface area contributed by atoms with E-state index in [-0.39, 0.29) is 11.2 Å². The van der Waals surface area contributed by atoms with E-state index in [1.807, 2.05) is 31.5 Å². The fraction of sp³-hybridized carbons (Fsp3) is 0.667. The van der Waals surface area contributed by atoms with Crippen LogP contribution in [0.3, 0.4) is 0 Å². The number of imidazole rings is 1. The van der Waals surface area contributed by atoms with Gasteiger partial charge in [-0.05, 0) is 13.3 Å². The molecule has 15 heavy (non-hydrogen) atoms. The summed E-state index contributed by atoms with van der Waals surface area (Å²) in [6.45, 7) is 8.96. The smallest absolute Gasteiger partial charge is 0.145 e. The standard InChI is InChI=1S/C12H20N2O/c1-5-12(3,4)10(15)9-11-13-7-8-14(11)6-2/h7-8H,5-6,9H2,1-4H3.